The topological polar surface area (TPSA) is 85.6 Å². The van der Waals surface area contributed by atoms with Crippen LogP contribution in [0.25, 0.3) is 27.9 Å². The molecule has 7 nitrogen and oxygen atoms in total. The summed E-state index contributed by atoms with van der Waals surface area (Å²) in [5, 5.41) is 3.28. The van der Waals surface area contributed by atoms with Crippen molar-refractivity contribution in [3.8, 4) is 28.1 Å². The summed E-state index contributed by atoms with van der Waals surface area (Å²) in [6.07, 6.45) is 5.27. The highest BCUT2D eigenvalue weighted by Gasteiger charge is 2.21. The number of fused-ring (bicyclic) bond motifs is 2. The second-order valence-electron chi connectivity index (χ2n) is 8.92. The van der Waals surface area contributed by atoms with Crippen LogP contribution in [0.2, 0.25) is 0 Å². The number of ether oxygens (including phenoxy) is 1. The minimum atomic E-state index is -3.32. The molecular weight excluding hydrogens is 491 g/mol. The molecule has 0 aliphatic carbocycles. The number of benzene rings is 3. The summed E-state index contributed by atoms with van der Waals surface area (Å²) in [5.74, 6) is 0.946. The molecule has 1 N–H and O–H groups in total. The molecule has 0 fully saturated rings. The van der Waals surface area contributed by atoms with E-state index in [2.05, 4.69) is 10.3 Å². The number of halogens is 1. The molecule has 0 radical (unpaired) electrons. The highest BCUT2D eigenvalue weighted by Crippen LogP contribution is 2.35. The van der Waals surface area contributed by atoms with Crippen LogP contribution in [0.3, 0.4) is 0 Å². The van der Waals surface area contributed by atoms with E-state index in [4.69, 9.17) is 9.72 Å². The van der Waals surface area contributed by atoms with Crippen molar-refractivity contribution in [3.05, 3.63) is 96.2 Å². The summed E-state index contributed by atoms with van der Waals surface area (Å²) in [6, 6.07) is 19.6. The summed E-state index contributed by atoms with van der Waals surface area (Å²) in [7, 11) is -3.32. The predicted molar refractivity (Wildman–Crippen MR) is 140 cm³/mol. The number of nitrogens with one attached hydrogen (secondary N) is 1. The van der Waals surface area contributed by atoms with E-state index in [0.717, 1.165) is 39.2 Å². The largest absolute Gasteiger partial charge is 0.493 e. The SMILES string of the molecule is CS(=O)(=O)c1ccc(-c2cnc(NCc3c(F)ccc4c3CCO4)n3cnc(-c4ccccc4)c23)cc1. The third kappa shape index (κ3) is 4.21. The molecule has 0 saturated carbocycles. The lowest BCUT2D eigenvalue weighted by molar-refractivity contribution is 0.356. The van der Waals surface area contributed by atoms with Gasteiger partial charge in [-0.05, 0) is 29.8 Å². The Hall–Kier alpha value is -4.24. The van der Waals surface area contributed by atoms with Gasteiger partial charge >= 0.3 is 0 Å². The number of nitrogens with zero attached hydrogens (tertiary/aromatic N) is 3. The second kappa shape index (κ2) is 9.01. The van der Waals surface area contributed by atoms with Crippen molar-refractivity contribution in [3.63, 3.8) is 0 Å². The van der Waals surface area contributed by atoms with Crippen molar-refractivity contribution in [2.24, 2.45) is 0 Å². The molecule has 0 spiro atoms. The van der Waals surface area contributed by atoms with Gasteiger partial charge in [-0.25, -0.2) is 22.8 Å². The minimum Gasteiger partial charge on any atom is -0.493 e. The van der Waals surface area contributed by atoms with E-state index >= 15 is 0 Å². The molecule has 0 unspecified atom stereocenters. The van der Waals surface area contributed by atoms with Crippen LogP contribution < -0.4 is 10.1 Å². The molecule has 2 aromatic heterocycles. The first-order chi connectivity index (χ1) is 17.9. The van der Waals surface area contributed by atoms with Gasteiger partial charge < -0.3 is 10.1 Å². The van der Waals surface area contributed by atoms with Gasteiger partial charge in [0.1, 0.15) is 17.9 Å². The molecule has 0 saturated heterocycles. The molecule has 3 aromatic carbocycles. The number of aromatic nitrogens is 3. The molecule has 6 rings (SSSR count). The molecule has 9 heteroatoms. The molecule has 0 atom stereocenters. The van der Waals surface area contributed by atoms with Crippen LogP contribution in [0.1, 0.15) is 11.1 Å². The van der Waals surface area contributed by atoms with Crippen LogP contribution >= 0.6 is 0 Å². The highest BCUT2D eigenvalue weighted by molar-refractivity contribution is 7.90. The number of anilines is 1. The lowest BCUT2D eigenvalue weighted by atomic mass is 10.0. The van der Waals surface area contributed by atoms with Gasteiger partial charge in [0, 0.05) is 47.7 Å². The standard InChI is InChI=1S/C28H23FN4O3S/c1-37(34,35)20-9-7-18(8-10-20)22-15-30-28(31-16-23-21-13-14-36-25(21)12-11-24(23)29)33-17-32-26(27(22)33)19-5-3-2-4-6-19/h2-12,15,17H,13-14,16H2,1H3,(H,30,31). The molecule has 0 amide bonds. The smallest absolute Gasteiger partial charge is 0.208 e. The lowest BCUT2D eigenvalue weighted by Crippen LogP contribution is -2.09. The average molecular weight is 515 g/mol. The third-order valence-electron chi connectivity index (χ3n) is 6.57. The normalized spacial score (nSPS) is 12.9. The highest BCUT2D eigenvalue weighted by atomic mass is 32.2. The Morgan fingerprint density at radius 2 is 1.78 bits per heavy atom. The third-order valence-corrected chi connectivity index (χ3v) is 7.70. The van der Waals surface area contributed by atoms with Crippen molar-refractivity contribution in [1.82, 2.24) is 14.4 Å². The monoisotopic (exact) mass is 514 g/mol. The van der Waals surface area contributed by atoms with Crippen LogP contribution in [0.15, 0.2) is 84.1 Å². The van der Waals surface area contributed by atoms with Gasteiger partial charge in [0.25, 0.3) is 0 Å². The van der Waals surface area contributed by atoms with E-state index in [0.29, 0.717) is 24.5 Å². The van der Waals surface area contributed by atoms with Gasteiger partial charge in [-0.15, -0.1) is 0 Å². The fourth-order valence-electron chi connectivity index (χ4n) is 4.72. The Labute approximate surface area is 213 Å². The van der Waals surface area contributed by atoms with Crippen molar-refractivity contribution in [2.75, 3.05) is 18.2 Å². The minimum absolute atomic E-state index is 0.238. The molecule has 3 heterocycles. The summed E-state index contributed by atoms with van der Waals surface area (Å²) in [6.45, 7) is 0.783. The van der Waals surface area contributed by atoms with Gasteiger partial charge in [-0.3, -0.25) is 4.40 Å². The Morgan fingerprint density at radius 3 is 2.54 bits per heavy atom. The lowest BCUT2D eigenvalue weighted by Gasteiger charge is -2.14. The van der Waals surface area contributed by atoms with Crippen molar-refractivity contribution in [2.45, 2.75) is 17.9 Å². The number of hydrogen-bond acceptors (Lipinski definition) is 6. The van der Waals surface area contributed by atoms with Gasteiger partial charge in [-0.2, -0.15) is 0 Å². The van der Waals surface area contributed by atoms with Crippen LogP contribution in [-0.2, 0) is 22.8 Å². The summed E-state index contributed by atoms with van der Waals surface area (Å²) in [5.41, 5.74) is 5.53. The molecular formula is C28H23FN4O3S. The first-order valence-electron chi connectivity index (χ1n) is 11.8. The molecule has 186 valence electrons. The quantitative estimate of drug-likeness (QED) is 0.337. The van der Waals surface area contributed by atoms with E-state index in [1.54, 1.807) is 42.9 Å². The van der Waals surface area contributed by atoms with E-state index < -0.39 is 9.84 Å². The van der Waals surface area contributed by atoms with E-state index in [1.807, 2.05) is 34.7 Å². The molecule has 37 heavy (non-hydrogen) atoms. The fourth-order valence-corrected chi connectivity index (χ4v) is 5.35. The molecule has 1 aliphatic heterocycles. The van der Waals surface area contributed by atoms with E-state index in [1.165, 1.54) is 12.3 Å². The van der Waals surface area contributed by atoms with Crippen LogP contribution in [-0.4, -0.2) is 35.6 Å². The summed E-state index contributed by atoms with van der Waals surface area (Å²) in [4.78, 5) is 9.58. The zero-order valence-electron chi connectivity index (χ0n) is 20.0. The Balaban J connectivity index is 1.45. The van der Waals surface area contributed by atoms with E-state index in [-0.39, 0.29) is 17.3 Å². The molecule has 5 aromatic rings. The van der Waals surface area contributed by atoms with Crippen LogP contribution in [0.4, 0.5) is 10.3 Å². The second-order valence-corrected chi connectivity index (χ2v) is 10.9. The summed E-state index contributed by atoms with van der Waals surface area (Å²) < 4.78 is 46.1. The molecule has 1 aliphatic rings. The van der Waals surface area contributed by atoms with Crippen molar-refractivity contribution in [1.29, 1.82) is 0 Å². The summed E-state index contributed by atoms with van der Waals surface area (Å²) >= 11 is 0. The number of rotatable bonds is 6. The maximum Gasteiger partial charge on any atom is 0.208 e. The van der Waals surface area contributed by atoms with Crippen LogP contribution in [0.5, 0.6) is 5.75 Å². The maximum absolute atomic E-state index is 14.7. The van der Waals surface area contributed by atoms with Gasteiger partial charge in [0.2, 0.25) is 5.95 Å². The fraction of sp³-hybridized carbons (Fsp3) is 0.143. The van der Waals surface area contributed by atoms with Crippen molar-refractivity contribution < 1.29 is 17.5 Å². The van der Waals surface area contributed by atoms with Crippen molar-refractivity contribution >= 4 is 21.3 Å². The molecule has 0 bridgehead atoms. The van der Waals surface area contributed by atoms with Gasteiger partial charge in [0.15, 0.2) is 9.84 Å². The first kappa shape index (κ1) is 23.2. The average Bonchev–Trinajstić information content (AvgIpc) is 3.56. The number of sulfone groups is 1. The van der Waals surface area contributed by atoms with E-state index in [9.17, 15) is 12.8 Å². The Kier molecular flexibility index (Phi) is 5.64. The number of hydrogen-bond donors (Lipinski definition) is 1. The predicted octanol–water partition coefficient (Wildman–Crippen LogP) is 5.15. The van der Waals surface area contributed by atoms with Crippen LogP contribution in [0, 0.1) is 5.82 Å². The Morgan fingerprint density at radius 1 is 1.00 bits per heavy atom. The number of imidazole rings is 1. The Bertz CT molecular complexity index is 1730. The maximum atomic E-state index is 14.7. The first-order valence-corrected chi connectivity index (χ1v) is 13.7. The zero-order chi connectivity index (χ0) is 25.6. The zero-order valence-corrected chi connectivity index (χ0v) is 20.8. The van der Waals surface area contributed by atoms with Gasteiger partial charge in [-0.1, -0.05) is 42.5 Å². The van der Waals surface area contributed by atoms with Gasteiger partial charge in [0.05, 0.1) is 22.7 Å².